The number of carbonyl (C=O) groups excluding carboxylic acids is 1. The van der Waals surface area contributed by atoms with E-state index in [-0.39, 0.29) is 5.91 Å². The Morgan fingerprint density at radius 1 is 1.12 bits per heavy atom. The number of rotatable bonds is 5. The predicted octanol–water partition coefficient (Wildman–Crippen LogP) is 2.04. The number of amides is 1. The summed E-state index contributed by atoms with van der Waals surface area (Å²) in [5.41, 5.74) is 2.31. The Hall–Kier alpha value is -3.35. The normalized spacial score (nSPS) is 11.0. The number of fused-ring (bicyclic) bond motifs is 2. The number of nitrogens with zero attached hydrogens (tertiary/aromatic N) is 5. The SMILES string of the molecule is O=C(NCCCc1cnc2ncnn2c1)c1ccc2ccccc2n1. The first-order valence-electron chi connectivity index (χ1n) is 8.08. The average molecular weight is 332 g/mol. The largest absolute Gasteiger partial charge is 0.351 e. The molecular weight excluding hydrogens is 316 g/mol. The van der Waals surface area contributed by atoms with Gasteiger partial charge in [0, 0.05) is 24.3 Å². The van der Waals surface area contributed by atoms with E-state index >= 15 is 0 Å². The van der Waals surface area contributed by atoms with E-state index in [9.17, 15) is 4.79 Å². The van der Waals surface area contributed by atoms with E-state index in [1.165, 1.54) is 6.33 Å². The molecule has 0 saturated heterocycles. The standard InChI is InChI=1S/C18H16N6O/c25-17(16-8-7-14-5-1-2-6-15(14)23-16)19-9-3-4-13-10-20-18-21-12-22-24(18)11-13/h1-2,5-8,10-12H,3-4,9H2,(H,19,25). The van der Waals surface area contributed by atoms with Gasteiger partial charge in [-0.2, -0.15) is 10.1 Å². The summed E-state index contributed by atoms with van der Waals surface area (Å²) in [4.78, 5) is 24.9. The Bertz CT molecular complexity index is 1040. The Balaban J connectivity index is 1.33. The van der Waals surface area contributed by atoms with Gasteiger partial charge in [0.05, 0.1) is 5.52 Å². The first-order chi connectivity index (χ1) is 12.3. The van der Waals surface area contributed by atoms with Gasteiger partial charge in [-0.1, -0.05) is 24.3 Å². The molecule has 7 nitrogen and oxygen atoms in total. The van der Waals surface area contributed by atoms with Gasteiger partial charge in [-0.05, 0) is 30.5 Å². The first-order valence-corrected chi connectivity index (χ1v) is 8.08. The summed E-state index contributed by atoms with van der Waals surface area (Å²) in [5, 5.41) is 8.00. The zero-order chi connectivity index (χ0) is 17.1. The molecule has 0 spiro atoms. The maximum Gasteiger partial charge on any atom is 0.269 e. The topological polar surface area (TPSA) is 85.1 Å². The van der Waals surface area contributed by atoms with Gasteiger partial charge in [-0.15, -0.1) is 0 Å². The number of aryl methyl sites for hydroxylation is 1. The summed E-state index contributed by atoms with van der Waals surface area (Å²) in [6, 6.07) is 11.4. The van der Waals surface area contributed by atoms with Crippen LogP contribution in [0.4, 0.5) is 0 Å². The molecule has 25 heavy (non-hydrogen) atoms. The van der Waals surface area contributed by atoms with Gasteiger partial charge in [0.2, 0.25) is 0 Å². The fourth-order valence-electron chi connectivity index (χ4n) is 2.67. The molecule has 0 unspecified atom stereocenters. The highest BCUT2D eigenvalue weighted by atomic mass is 16.1. The van der Waals surface area contributed by atoms with Gasteiger partial charge >= 0.3 is 0 Å². The van der Waals surface area contributed by atoms with E-state index in [4.69, 9.17) is 0 Å². The van der Waals surface area contributed by atoms with Crippen LogP contribution in [0.5, 0.6) is 0 Å². The molecule has 3 heterocycles. The maximum absolute atomic E-state index is 12.2. The van der Waals surface area contributed by atoms with E-state index in [0.717, 1.165) is 29.3 Å². The summed E-state index contributed by atoms with van der Waals surface area (Å²) >= 11 is 0. The molecule has 0 fully saturated rings. The minimum absolute atomic E-state index is 0.157. The second-order valence-electron chi connectivity index (χ2n) is 5.72. The third-order valence-electron chi connectivity index (χ3n) is 3.95. The number of hydrogen-bond acceptors (Lipinski definition) is 5. The number of nitrogens with one attached hydrogen (secondary N) is 1. The first kappa shape index (κ1) is 15.2. The molecule has 1 N–H and O–H groups in total. The highest BCUT2D eigenvalue weighted by Gasteiger charge is 2.07. The lowest BCUT2D eigenvalue weighted by atomic mass is 10.2. The monoisotopic (exact) mass is 332 g/mol. The van der Waals surface area contributed by atoms with Gasteiger partial charge in [-0.3, -0.25) is 4.79 Å². The molecule has 4 aromatic rings. The molecule has 0 bridgehead atoms. The molecule has 1 amide bonds. The molecule has 3 aromatic heterocycles. The lowest BCUT2D eigenvalue weighted by Crippen LogP contribution is -2.25. The molecule has 0 aliphatic rings. The Kier molecular flexibility index (Phi) is 4.04. The lowest BCUT2D eigenvalue weighted by molar-refractivity contribution is 0.0948. The second kappa shape index (κ2) is 6.64. The van der Waals surface area contributed by atoms with Crippen molar-refractivity contribution in [3.63, 3.8) is 0 Å². The van der Waals surface area contributed by atoms with Crippen LogP contribution in [0.25, 0.3) is 16.7 Å². The van der Waals surface area contributed by atoms with Crippen LogP contribution in [0.2, 0.25) is 0 Å². The molecule has 0 atom stereocenters. The van der Waals surface area contributed by atoms with Gasteiger partial charge in [0.25, 0.3) is 11.7 Å². The van der Waals surface area contributed by atoms with Gasteiger partial charge in [0.1, 0.15) is 12.0 Å². The minimum Gasteiger partial charge on any atom is -0.351 e. The third kappa shape index (κ3) is 3.30. The lowest BCUT2D eigenvalue weighted by Gasteiger charge is -2.06. The number of pyridine rings is 1. The molecule has 0 saturated carbocycles. The Labute approximate surface area is 143 Å². The van der Waals surface area contributed by atoms with E-state index in [1.54, 1.807) is 16.8 Å². The van der Waals surface area contributed by atoms with Crippen LogP contribution in [0.1, 0.15) is 22.5 Å². The zero-order valence-electron chi connectivity index (χ0n) is 13.5. The smallest absolute Gasteiger partial charge is 0.269 e. The summed E-state index contributed by atoms with van der Waals surface area (Å²) < 4.78 is 1.65. The average Bonchev–Trinajstić information content (AvgIpc) is 3.12. The molecule has 124 valence electrons. The van der Waals surface area contributed by atoms with Crippen molar-refractivity contribution >= 4 is 22.6 Å². The number of hydrogen-bond donors (Lipinski definition) is 1. The van der Waals surface area contributed by atoms with Crippen molar-refractivity contribution in [2.24, 2.45) is 0 Å². The van der Waals surface area contributed by atoms with Crippen molar-refractivity contribution in [2.45, 2.75) is 12.8 Å². The fourth-order valence-corrected chi connectivity index (χ4v) is 2.67. The van der Waals surface area contributed by atoms with Gasteiger partial charge in [0.15, 0.2) is 0 Å². The van der Waals surface area contributed by atoms with Crippen molar-refractivity contribution in [3.8, 4) is 0 Å². The van der Waals surface area contributed by atoms with Gasteiger partial charge in [-0.25, -0.2) is 14.5 Å². The fraction of sp³-hybridized carbons (Fsp3) is 0.167. The van der Waals surface area contributed by atoms with E-state index < -0.39 is 0 Å². The van der Waals surface area contributed by atoms with Gasteiger partial charge < -0.3 is 5.32 Å². The highest BCUT2D eigenvalue weighted by molar-refractivity contribution is 5.94. The molecular formula is C18H16N6O. The summed E-state index contributed by atoms with van der Waals surface area (Å²) in [5.74, 6) is 0.426. The number of carbonyl (C=O) groups is 1. The van der Waals surface area contributed by atoms with Crippen LogP contribution in [-0.2, 0) is 6.42 Å². The Morgan fingerprint density at radius 3 is 3.00 bits per heavy atom. The van der Waals surface area contributed by atoms with Crippen molar-refractivity contribution in [3.05, 3.63) is 66.4 Å². The number of benzene rings is 1. The third-order valence-corrected chi connectivity index (χ3v) is 3.95. The van der Waals surface area contributed by atoms with Crippen molar-refractivity contribution in [1.29, 1.82) is 0 Å². The molecule has 1 aromatic carbocycles. The number of para-hydroxylation sites is 1. The number of aromatic nitrogens is 5. The molecule has 0 aliphatic heterocycles. The minimum atomic E-state index is -0.157. The van der Waals surface area contributed by atoms with Crippen LogP contribution >= 0.6 is 0 Å². The molecule has 0 radical (unpaired) electrons. The summed E-state index contributed by atoms with van der Waals surface area (Å²) in [6.07, 6.45) is 6.77. The van der Waals surface area contributed by atoms with Crippen LogP contribution in [0.15, 0.2) is 55.1 Å². The van der Waals surface area contributed by atoms with E-state index in [0.29, 0.717) is 18.0 Å². The Morgan fingerprint density at radius 2 is 2.04 bits per heavy atom. The zero-order valence-corrected chi connectivity index (χ0v) is 13.5. The summed E-state index contributed by atoms with van der Waals surface area (Å²) in [6.45, 7) is 0.572. The van der Waals surface area contributed by atoms with Crippen LogP contribution in [-0.4, -0.2) is 37.0 Å². The molecule has 4 rings (SSSR count). The van der Waals surface area contributed by atoms with Crippen LogP contribution in [0.3, 0.4) is 0 Å². The maximum atomic E-state index is 12.2. The van der Waals surface area contributed by atoms with Crippen LogP contribution < -0.4 is 5.32 Å². The van der Waals surface area contributed by atoms with Crippen LogP contribution in [0, 0.1) is 0 Å². The van der Waals surface area contributed by atoms with Crippen molar-refractivity contribution in [2.75, 3.05) is 6.54 Å². The second-order valence-corrected chi connectivity index (χ2v) is 5.72. The quantitative estimate of drug-likeness (QED) is 0.565. The van der Waals surface area contributed by atoms with E-state index in [1.807, 2.05) is 36.5 Å². The van der Waals surface area contributed by atoms with Crippen molar-refractivity contribution in [1.82, 2.24) is 29.9 Å². The van der Waals surface area contributed by atoms with Crippen molar-refractivity contribution < 1.29 is 4.79 Å². The molecule has 0 aliphatic carbocycles. The predicted molar refractivity (Wildman–Crippen MR) is 93.2 cm³/mol. The van der Waals surface area contributed by atoms with E-state index in [2.05, 4.69) is 25.4 Å². The summed E-state index contributed by atoms with van der Waals surface area (Å²) in [7, 11) is 0. The molecule has 7 heteroatoms. The highest BCUT2D eigenvalue weighted by Crippen LogP contribution is 2.11.